The van der Waals surface area contributed by atoms with E-state index in [1.54, 1.807) is 64.4 Å². The molecule has 0 fully saturated rings. The summed E-state index contributed by atoms with van der Waals surface area (Å²) in [5.74, 6) is 0. The number of nitrogens with zero attached hydrogens (tertiary/aromatic N) is 2. The fourth-order valence-corrected chi connectivity index (χ4v) is 4.51. The van der Waals surface area contributed by atoms with E-state index in [1.807, 2.05) is 0 Å². The minimum atomic E-state index is -4.99. The minimum absolute atomic E-state index is 0.0521. The first-order valence-corrected chi connectivity index (χ1v) is 11.2. The Kier molecular flexibility index (Phi) is 7.09. The van der Waals surface area contributed by atoms with Crippen LogP contribution >= 0.6 is 0 Å². The molecule has 1 aliphatic rings. The van der Waals surface area contributed by atoms with E-state index >= 15 is 0 Å². The van der Waals surface area contributed by atoms with E-state index in [1.165, 1.54) is 0 Å². The van der Waals surface area contributed by atoms with Gasteiger partial charge >= 0.3 is 18.5 Å². The van der Waals surface area contributed by atoms with Gasteiger partial charge in [0.1, 0.15) is 0 Å². The van der Waals surface area contributed by atoms with E-state index < -0.39 is 42.1 Å². The molecule has 37 heavy (non-hydrogen) atoms. The molecule has 1 aliphatic heterocycles. The summed E-state index contributed by atoms with van der Waals surface area (Å²) < 4.78 is 120. The van der Waals surface area contributed by atoms with Gasteiger partial charge in [0.2, 0.25) is 0 Å². The second-order valence-electron chi connectivity index (χ2n) is 8.77. The number of anilines is 2. The van der Waals surface area contributed by atoms with Crippen molar-refractivity contribution in [1.82, 2.24) is 0 Å². The third kappa shape index (κ3) is 6.31. The summed E-state index contributed by atoms with van der Waals surface area (Å²) in [5.41, 5.74) is -1.56. The molecule has 198 valence electrons. The monoisotopic (exact) mass is 532 g/mol. The van der Waals surface area contributed by atoms with Gasteiger partial charge in [0.25, 0.3) is 0 Å². The number of alkyl halides is 9. The highest BCUT2D eigenvalue weighted by molar-refractivity contribution is 5.74. The predicted octanol–water partition coefficient (Wildman–Crippen LogP) is 8.24. The van der Waals surface area contributed by atoms with Gasteiger partial charge in [0.05, 0.1) is 35.0 Å². The maximum Gasteiger partial charge on any atom is 0.416 e. The second kappa shape index (κ2) is 9.83. The summed E-state index contributed by atoms with van der Waals surface area (Å²) in [4.78, 5) is 3.19. The number of hydrogen-bond acceptors (Lipinski definition) is 2. The average molecular weight is 532 g/mol. The first-order valence-electron chi connectivity index (χ1n) is 11.2. The lowest BCUT2D eigenvalue weighted by Gasteiger charge is -2.45. The van der Waals surface area contributed by atoms with Gasteiger partial charge in [-0.3, -0.25) is 0 Å². The molecule has 0 saturated heterocycles. The Hall–Kier alpha value is -3.37. The van der Waals surface area contributed by atoms with Crippen molar-refractivity contribution in [2.45, 2.75) is 37.5 Å². The average Bonchev–Trinajstić information content (AvgIpc) is 2.82. The van der Waals surface area contributed by atoms with Gasteiger partial charge in [-0.2, -0.15) is 39.5 Å². The van der Waals surface area contributed by atoms with Crippen molar-refractivity contribution < 1.29 is 39.5 Å². The van der Waals surface area contributed by atoms with E-state index in [4.69, 9.17) is 0 Å². The quantitative estimate of drug-likeness (QED) is 0.306. The van der Waals surface area contributed by atoms with E-state index in [9.17, 15) is 39.5 Å². The third-order valence-corrected chi connectivity index (χ3v) is 6.14. The summed E-state index contributed by atoms with van der Waals surface area (Å²) in [6, 6.07) is 15.8. The van der Waals surface area contributed by atoms with Gasteiger partial charge in [-0.1, -0.05) is 42.5 Å². The van der Waals surface area contributed by atoms with Crippen molar-refractivity contribution in [3.05, 3.63) is 95.1 Å². The first kappa shape index (κ1) is 26.7. The lowest BCUT2D eigenvalue weighted by molar-refractivity contribution is -0.143. The molecule has 11 heteroatoms. The van der Waals surface area contributed by atoms with Crippen LogP contribution in [0.25, 0.3) is 0 Å². The van der Waals surface area contributed by atoms with Crippen LogP contribution in [0.5, 0.6) is 0 Å². The molecular formula is C26H21F9N2. The Balaban J connectivity index is 1.77. The van der Waals surface area contributed by atoms with E-state index in [0.29, 0.717) is 29.1 Å². The molecule has 2 nitrogen and oxygen atoms in total. The largest absolute Gasteiger partial charge is 0.416 e. The van der Waals surface area contributed by atoms with E-state index in [0.717, 1.165) is 0 Å². The molecule has 1 atom stereocenters. The smallest absolute Gasteiger partial charge is 0.363 e. The summed E-state index contributed by atoms with van der Waals surface area (Å²) in [7, 11) is 0. The molecule has 1 heterocycles. The van der Waals surface area contributed by atoms with Crippen LogP contribution in [0, 0.1) is 0 Å². The van der Waals surface area contributed by atoms with Crippen molar-refractivity contribution in [1.29, 1.82) is 0 Å². The zero-order valence-corrected chi connectivity index (χ0v) is 19.1. The molecule has 0 radical (unpaired) electrons. The fourth-order valence-electron chi connectivity index (χ4n) is 4.51. The van der Waals surface area contributed by atoms with Gasteiger partial charge < -0.3 is 9.80 Å². The van der Waals surface area contributed by atoms with Crippen molar-refractivity contribution in [3.63, 3.8) is 0 Å². The Bertz CT molecular complexity index is 1180. The van der Waals surface area contributed by atoms with Crippen LogP contribution in [0.15, 0.2) is 72.8 Å². The number of para-hydroxylation sites is 2. The van der Waals surface area contributed by atoms with Gasteiger partial charge in [-0.25, -0.2) is 0 Å². The van der Waals surface area contributed by atoms with Crippen LogP contribution < -0.4 is 9.80 Å². The molecule has 0 amide bonds. The molecule has 3 aromatic rings. The minimum Gasteiger partial charge on any atom is -0.363 e. The van der Waals surface area contributed by atoms with Crippen LogP contribution in [0.4, 0.5) is 50.9 Å². The Morgan fingerprint density at radius 2 is 1.22 bits per heavy atom. The van der Waals surface area contributed by atoms with Gasteiger partial charge in [-0.15, -0.1) is 0 Å². The van der Waals surface area contributed by atoms with Crippen molar-refractivity contribution in [2.24, 2.45) is 0 Å². The van der Waals surface area contributed by atoms with Crippen LogP contribution in [-0.2, 0) is 18.9 Å². The lowest BCUT2D eigenvalue weighted by Crippen LogP contribution is -2.44. The number of hydrogen-bond donors (Lipinski definition) is 0. The summed E-state index contributed by atoms with van der Waals surface area (Å²) >= 11 is 0. The molecule has 0 bridgehead atoms. The summed E-state index contributed by atoms with van der Waals surface area (Å²) in [6.45, 7) is -0.618. The van der Waals surface area contributed by atoms with Gasteiger partial charge in [-0.05, 0) is 41.5 Å². The van der Waals surface area contributed by atoms with Crippen LogP contribution in [-0.4, -0.2) is 19.3 Å². The zero-order chi connectivity index (χ0) is 27.0. The van der Waals surface area contributed by atoms with Crippen molar-refractivity contribution in [3.8, 4) is 0 Å². The van der Waals surface area contributed by atoms with Crippen molar-refractivity contribution >= 4 is 11.4 Å². The highest BCUT2D eigenvalue weighted by Crippen LogP contribution is 2.43. The molecule has 3 aromatic carbocycles. The maximum atomic E-state index is 13.4. The Morgan fingerprint density at radius 1 is 0.676 bits per heavy atom. The Labute approximate surface area is 206 Å². The molecule has 4 rings (SSSR count). The van der Waals surface area contributed by atoms with E-state index in [2.05, 4.69) is 0 Å². The molecule has 0 unspecified atom stereocenters. The summed E-state index contributed by atoms with van der Waals surface area (Å²) in [6.07, 6.45) is -15.5. The van der Waals surface area contributed by atoms with E-state index in [-0.39, 0.29) is 31.3 Å². The van der Waals surface area contributed by atoms with Crippen LogP contribution in [0.2, 0.25) is 0 Å². The van der Waals surface area contributed by atoms with Crippen molar-refractivity contribution in [2.75, 3.05) is 22.9 Å². The summed E-state index contributed by atoms with van der Waals surface area (Å²) in [5, 5.41) is 0. The number of halogens is 9. The van der Waals surface area contributed by atoms with Gasteiger partial charge in [0.15, 0.2) is 0 Å². The third-order valence-electron chi connectivity index (χ3n) is 6.14. The predicted molar refractivity (Wildman–Crippen MR) is 121 cm³/mol. The lowest BCUT2D eigenvalue weighted by atomic mass is 9.98. The molecule has 0 saturated carbocycles. The van der Waals surface area contributed by atoms with Gasteiger partial charge in [0, 0.05) is 19.6 Å². The molecule has 0 spiro atoms. The topological polar surface area (TPSA) is 6.48 Å². The first-order chi connectivity index (χ1) is 17.2. The van der Waals surface area contributed by atoms with Crippen LogP contribution in [0.3, 0.4) is 0 Å². The maximum absolute atomic E-state index is 13.4. The SMILES string of the molecule is FC(F)(F)CCN1c2ccccc2N(Cc2cc(C(F)(F)F)cc(C(F)(F)F)c2)C[C@H]1c1ccccc1. The normalized spacial score (nSPS) is 16.6. The second-order valence-corrected chi connectivity index (χ2v) is 8.77. The molecule has 0 aromatic heterocycles. The zero-order valence-electron chi connectivity index (χ0n) is 19.1. The number of benzene rings is 3. The molecular weight excluding hydrogens is 511 g/mol. The highest BCUT2D eigenvalue weighted by Gasteiger charge is 2.38. The fraction of sp³-hybridized carbons (Fsp3) is 0.308. The Morgan fingerprint density at radius 3 is 1.76 bits per heavy atom. The number of fused-ring (bicyclic) bond motifs is 1. The molecule has 0 aliphatic carbocycles. The van der Waals surface area contributed by atoms with Crippen LogP contribution in [0.1, 0.15) is 34.7 Å². The highest BCUT2D eigenvalue weighted by atomic mass is 19.4. The number of rotatable bonds is 5. The molecule has 0 N–H and O–H groups in total. The standard InChI is InChI=1S/C26H21F9N2/c27-24(28,29)10-11-37-22-9-5-4-8-21(22)36(16-23(37)18-6-2-1-3-7-18)15-17-12-19(25(30,31)32)14-20(13-17)26(33,34)35/h1-9,12-14,23H,10-11,15-16H2/t23-/m0/s1.